The standard InChI is InChI=1S/C74H117F4N13O9S6/c1-8-91(9-2)106(98,99)65-22-14-18-53(69(65)45-26-30-52(57(78)34-45)61-41-102-72(82)87-61)74(5,6)89-104(94,95)63-20-12-15-46(67(63)43-25-29-51(56(77)32-43)60-40-101-71(81)86-60)35-73(3,4)88-103(92,93)64-21-13-16-47(68(64)44-24-28-50(55(76)33-44)59-39-100-70(80)85-59)38-90(7)105(96,97)62-19-11-10-17-49(62)48-27-23-42(31-54(48)75)58-36-84-66(79)37-83-58/h36-37,39-57,62-65,67-69,88-89H,8-35,38H2,1-7H3,(H2,79,84)(H2,80,85)(H2,81,86)(H2,82,87). The Kier molecular flexibility index (Phi) is 25.4. The fourth-order valence-corrected chi connectivity index (χ4v) is 33.0. The summed E-state index contributed by atoms with van der Waals surface area (Å²) in [6.45, 7) is 11.3. The minimum Gasteiger partial charge on any atom is -0.432 e. The third-order valence-corrected chi connectivity index (χ3v) is 37.8. The molecule has 8 saturated carbocycles. The largest absolute Gasteiger partial charge is 0.432 e. The average molecular weight is 1600 g/mol. The molecular weight excluding hydrogens is 1480 g/mol. The van der Waals surface area contributed by atoms with Gasteiger partial charge >= 0.3 is 0 Å². The van der Waals surface area contributed by atoms with Gasteiger partial charge in [-0.1, -0.05) is 52.4 Å². The molecule has 0 bridgehead atoms. The van der Waals surface area contributed by atoms with E-state index in [1.165, 1.54) is 43.7 Å². The Hall–Kier alpha value is -3.89. The molecule has 0 amide bonds. The van der Waals surface area contributed by atoms with E-state index in [1.54, 1.807) is 51.7 Å². The quantitative estimate of drug-likeness (QED) is 0.0336. The maximum Gasteiger partial charge on any atom is 0.292 e. The molecule has 32 heteroatoms. The predicted molar refractivity (Wildman–Crippen MR) is 410 cm³/mol. The Bertz CT molecular complexity index is 4080. The van der Waals surface area contributed by atoms with E-state index in [1.807, 2.05) is 13.8 Å². The van der Waals surface area contributed by atoms with Gasteiger partial charge in [-0.3, -0.25) is 4.98 Å². The lowest BCUT2D eigenvalue weighted by atomic mass is 9.61. The second-order valence-electron chi connectivity index (χ2n) is 34.3. The number of anilines is 4. The fourth-order valence-electron chi connectivity index (χ4n) is 22.5. The third-order valence-electron chi connectivity index (χ3n) is 27.1. The van der Waals surface area contributed by atoms with Crippen LogP contribution in [0.1, 0.15) is 255 Å². The molecule has 22 nitrogen and oxygen atoms in total. The maximum absolute atomic E-state index is 17.2. The summed E-state index contributed by atoms with van der Waals surface area (Å²) >= 11 is 2.48. The maximum atomic E-state index is 17.2. The van der Waals surface area contributed by atoms with Gasteiger partial charge in [0.05, 0.1) is 56.2 Å². The first kappa shape index (κ1) is 81.6. The van der Waals surface area contributed by atoms with Crippen LogP contribution in [0.2, 0.25) is 0 Å². The number of hydrogen-bond donors (Lipinski definition) is 6. The molecule has 0 saturated heterocycles. The Balaban J connectivity index is 0.817. The summed E-state index contributed by atoms with van der Waals surface area (Å²) in [5, 5.41) is 0.289. The van der Waals surface area contributed by atoms with Crippen molar-refractivity contribution in [2.45, 2.75) is 289 Å². The first-order chi connectivity index (χ1) is 50.1. The van der Waals surface area contributed by atoms with Gasteiger partial charge in [-0.05, 0) is 221 Å². The van der Waals surface area contributed by atoms with Crippen LogP contribution in [0.3, 0.4) is 0 Å². The van der Waals surface area contributed by atoms with E-state index in [4.69, 9.17) is 27.4 Å². The molecule has 106 heavy (non-hydrogen) atoms. The molecule has 0 aliphatic heterocycles. The molecule has 12 rings (SSSR count). The molecule has 23 atom stereocenters. The number of nitrogens with zero attached hydrogens (tertiary/aromatic N) is 7. The number of aromatic nitrogens is 5. The van der Waals surface area contributed by atoms with Crippen LogP contribution in [0, 0.1) is 65.1 Å². The van der Waals surface area contributed by atoms with Crippen molar-refractivity contribution in [1.82, 2.24) is 43.0 Å². The number of rotatable bonds is 25. The number of nitrogens with two attached hydrogens (primary N) is 4. The zero-order valence-electron chi connectivity index (χ0n) is 62.7. The smallest absolute Gasteiger partial charge is 0.292 e. The Labute approximate surface area is 635 Å². The van der Waals surface area contributed by atoms with E-state index in [9.17, 15) is 8.42 Å². The molecular formula is C74H117F4N13O9S6. The Morgan fingerprint density at radius 3 is 1.56 bits per heavy atom. The van der Waals surface area contributed by atoms with Crippen molar-refractivity contribution in [2.24, 2.45) is 65.1 Å². The summed E-state index contributed by atoms with van der Waals surface area (Å²) in [4.78, 5) is 21.8. The van der Waals surface area contributed by atoms with Crippen LogP contribution in [0.25, 0.3) is 0 Å². The zero-order chi connectivity index (χ0) is 76.2. The van der Waals surface area contributed by atoms with Gasteiger partial charge in [0.1, 0.15) is 36.8 Å². The van der Waals surface area contributed by atoms with E-state index >= 15 is 42.8 Å². The topological polar surface area (TPSA) is 349 Å². The first-order valence-electron chi connectivity index (χ1n) is 39.4. The summed E-state index contributed by atoms with van der Waals surface area (Å²) in [6, 6.07) is -0.0928. The van der Waals surface area contributed by atoms with Crippen molar-refractivity contribution in [3.05, 3.63) is 52.2 Å². The van der Waals surface area contributed by atoms with Crippen LogP contribution in [-0.2, 0) is 40.1 Å². The second-order valence-corrected chi connectivity index (χ2v) is 44.3. The molecule has 10 N–H and O–H groups in total. The molecule has 8 aliphatic carbocycles. The van der Waals surface area contributed by atoms with Crippen molar-refractivity contribution in [1.29, 1.82) is 0 Å². The molecule has 0 spiro atoms. The summed E-state index contributed by atoms with van der Waals surface area (Å²) in [6.07, 6.45) is 8.99. The van der Waals surface area contributed by atoms with Crippen LogP contribution in [-0.4, -0.2) is 151 Å². The first-order valence-corrected chi connectivity index (χ1v) is 47.2. The van der Waals surface area contributed by atoms with Crippen molar-refractivity contribution in [3.63, 3.8) is 0 Å². The number of nitrogens with one attached hydrogen (secondary N) is 2. The molecule has 4 aromatic heterocycles. The number of sulfonamides is 4. The van der Waals surface area contributed by atoms with Crippen molar-refractivity contribution < 1.29 is 55.6 Å². The monoisotopic (exact) mass is 1600 g/mol. The molecule has 23 unspecified atom stereocenters. The molecule has 4 heterocycles. The number of thiazole rings is 2. The van der Waals surface area contributed by atoms with Crippen LogP contribution in [0.5, 0.6) is 0 Å². The highest BCUT2D eigenvalue weighted by molar-refractivity contribution is 7.90. The zero-order valence-corrected chi connectivity index (χ0v) is 67.6. The van der Waals surface area contributed by atoms with Gasteiger partial charge in [-0.2, -0.15) is 4.98 Å². The third kappa shape index (κ3) is 17.5. The van der Waals surface area contributed by atoms with Crippen molar-refractivity contribution >= 4 is 84.9 Å². The van der Waals surface area contributed by atoms with Crippen LogP contribution < -0.4 is 32.4 Å². The molecule has 8 fully saturated rings. The fraction of sp³-hybridized carbons (Fsp3) is 0.824. The van der Waals surface area contributed by atoms with Gasteiger partial charge in [0.15, 0.2) is 10.3 Å². The lowest BCUT2D eigenvalue weighted by Crippen LogP contribution is -2.61. The highest BCUT2D eigenvalue weighted by atomic mass is 32.2. The number of alkyl halides is 4. The summed E-state index contributed by atoms with van der Waals surface area (Å²) in [5.74, 6) is -7.50. The summed E-state index contributed by atoms with van der Waals surface area (Å²) < 4.78 is 207. The molecule has 4 aromatic rings. The Morgan fingerprint density at radius 2 is 1.04 bits per heavy atom. The van der Waals surface area contributed by atoms with E-state index in [-0.39, 0.29) is 82.3 Å². The van der Waals surface area contributed by atoms with E-state index in [0.717, 1.165) is 6.42 Å². The number of oxazole rings is 1. The van der Waals surface area contributed by atoms with Crippen LogP contribution >= 0.6 is 22.7 Å². The molecule has 0 aromatic carbocycles. The van der Waals surface area contributed by atoms with Gasteiger partial charge in [0.25, 0.3) is 6.01 Å². The number of hydrogen-bond acceptors (Lipinski definition) is 20. The minimum absolute atomic E-state index is 0.0174. The Morgan fingerprint density at radius 1 is 0.519 bits per heavy atom. The SMILES string of the molecule is CCN(CC)S(=O)(=O)C1CCCC(C(C)(C)NS(=O)(=O)C2CCCC(CC(C)(C)NS(=O)(=O)C3CCCC(CN(C)S(=O)(=O)C4CCCCC4C4CCC(c5cnc(N)cn5)CC4F)C3C3CCC(c4coc(N)n4)C(F)C3)C2C2CCC(c3csc(N)n3)C(F)C2)C1C1CCC(c2csc(N)n2)C(F)C1. The highest BCUT2D eigenvalue weighted by Crippen LogP contribution is 2.56. The van der Waals surface area contributed by atoms with E-state index in [0.29, 0.717) is 149 Å². The number of nitrogen functional groups attached to an aromatic ring is 4. The molecule has 8 aliphatic rings. The van der Waals surface area contributed by atoms with Gasteiger partial charge < -0.3 is 27.4 Å². The minimum atomic E-state index is -4.41. The van der Waals surface area contributed by atoms with Crippen LogP contribution in [0.4, 0.5) is 39.7 Å². The van der Waals surface area contributed by atoms with Crippen molar-refractivity contribution in [3.8, 4) is 0 Å². The van der Waals surface area contributed by atoms with Gasteiger partial charge in [0.2, 0.25) is 40.1 Å². The molecule has 0 radical (unpaired) electrons. The lowest BCUT2D eigenvalue weighted by molar-refractivity contribution is 0.0465. The van der Waals surface area contributed by atoms with E-state index < -0.39 is 180 Å². The van der Waals surface area contributed by atoms with Crippen LogP contribution in [0.15, 0.2) is 33.8 Å². The molecule has 596 valence electrons. The summed E-state index contributed by atoms with van der Waals surface area (Å²) in [5.41, 5.74) is 23.5. The van der Waals surface area contributed by atoms with Crippen molar-refractivity contribution in [2.75, 3.05) is 49.6 Å². The normalized spacial score (nSPS) is 35.9. The van der Waals surface area contributed by atoms with Gasteiger partial charge in [0, 0.05) is 72.2 Å². The summed E-state index contributed by atoms with van der Waals surface area (Å²) in [7, 11) is -15.3. The predicted octanol–water partition coefficient (Wildman–Crippen LogP) is 13.3. The van der Waals surface area contributed by atoms with E-state index in [2.05, 4.69) is 34.4 Å². The second kappa shape index (κ2) is 33.0. The highest BCUT2D eigenvalue weighted by Gasteiger charge is 2.57. The average Bonchev–Trinajstić information content (AvgIpc) is 0.814. The van der Waals surface area contributed by atoms with Gasteiger partial charge in [-0.15, -0.1) is 22.7 Å². The number of halogens is 4. The lowest BCUT2D eigenvalue weighted by Gasteiger charge is -2.52. The van der Waals surface area contributed by atoms with Gasteiger partial charge in [-0.25, -0.2) is 84.2 Å².